The molecule has 1 aromatic carbocycles. The lowest BCUT2D eigenvalue weighted by atomic mass is 10.1. The molecular weight excluding hydrogens is 333 g/mol. The number of hydrogen-bond acceptors (Lipinski definition) is 4. The zero-order valence-electron chi connectivity index (χ0n) is 10.1. The van der Waals surface area contributed by atoms with E-state index in [1.807, 2.05) is 11.4 Å². The second-order valence-electron chi connectivity index (χ2n) is 3.73. The number of anilines is 1. The van der Waals surface area contributed by atoms with Crippen LogP contribution in [0.4, 0.5) is 10.1 Å². The van der Waals surface area contributed by atoms with Crippen LogP contribution in [-0.4, -0.2) is 13.1 Å². The monoisotopic (exact) mass is 343 g/mol. The SMILES string of the molecule is COC(=O)c1cc(F)ccc1NCc1sccc1Br. The molecule has 0 spiro atoms. The van der Waals surface area contributed by atoms with Crippen LogP contribution in [0.1, 0.15) is 15.2 Å². The minimum atomic E-state index is -0.563. The van der Waals surface area contributed by atoms with Crippen molar-refractivity contribution in [1.29, 1.82) is 0 Å². The lowest BCUT2D eigenvalue weighted by molar-refractivity contribution is 0.0601. The van der Waals surface area contributed by atoms with Gasteiger partial charge < -0.3 is 10.1 Å². The van der Waals surface area contributed by atoms with Gasteiger partial charge in [-0.2, -0.15) is 0 Å². The van der Waals surface area contributed by atoms with E-state index in [9.17, 15) is 9.18 Å². The average molecular weight is 344 g/mol. The minimum absolute atomic E-state index is 0.190. The van der Waals surface area contributed by atoms with E-state index >= 15 is 0 Å². The van der Waals surface area contributed by atoms with Gasteiger partial charge in [-0.15, -0.1) is 11.3 Å². The summed E-state index contributed by atoms with van der Waals surface area (Å²) in [6.45, 7) is 0.549. The molecule has 0 unspecified atom stereocenters. The van der Waals surface area contributed by atoms with Crippen molar-refractivity contribution in [2.45, 2.75) is 6.54 Å². The number of carbonyl (C=O) groups excluding carboxylic acids is 1. The highest BCUT2D eigenvalue weighted by molar-refractivity contribution is 9.10. The summed E-state index contributed by atoms with van der Waals surface area (Å²) >= 11 is 5.02. The van der Waals surface area contributed by atoms with Crippen LogP contribution in [0.25, 0.3) is 0 Å². The lowest BCUT2D eigenvalue weighted by Gasteiger charge is -2.10. The molecule has 2 aromatic rings. The van der Waals surface area contributed by atoms with Crippen molar-refractivity contribution in [1.82, 2.24) is 0 Å². The second kappa shape index (κ2) is 6.16. The fourth-order valence-corrected chi connectivity index (χ4v) is 3.01. The van der Waals surface area contributed by atoms with Crippen molar-refractivity contribution in [3.8, 4) is 0 Å². The molecule has 1 N–H and O–H groups in total. The van der Waals surface area contributed by atoms with Gasteiger partial charge in [0.15, 0.2) is 0 Å². The Labute approximate surface area is 122 Å². The molecule has 6 heteroatoms. The molecule has 0 saturated heterocycles. The van der Waals surface area contributed by atoms with Crippen molar-refractivity contribution in [2.75, 3.05) is 12.4 Å². The normalized spacial score (nSPS) is 10.3. The van der Waals surface area contributed by atoms with Crippen molar-refractivity contribution in [3.05, 3.63) is 50.4 Å². The zero-order chi connectivity index (χ0) is 13.8. The van der Waals surface area contributed by atoms with Crippen molar-refractivity contribution < 1.29 is 13.9 Å². The van der Waals surface area contributed by atoms with Crippen LogP contribution in [0.3, 0.4) is 0 Å². The Morgan fingerprint density at radius 1 is 1.47 bits per heavy atom. The summed E-state index contributed by atoms with van der Waals surface area (Å²) in [4.78, 5) is 12.7. The van der Waals surface area contributed by atoms with Crippen LogP contribution >= 0.6 is 27.3 Å². The number of methoxy groups -OCH3 is 1. The molecule has 0 aliphatic heterocycles. The molecule has 100 valence electrons. The van der Waals surface area contributed by atoms with Crippen molar-refractivity contribution in [2.24, 2.45) is 0 Å². The standard InChI is InChI=1S/C13H11BrFNO2S/c1-18-13(17)9-6-8(15)2-3-11(9)16-7-12-10(14)4-5-19-12/h2-6,16H,7H2,1H3. The van der Waals surface area contributed by atoms with E-state index in [4.69, 9.17) is 0 Å². The maximum Gasteiger partial charge on any atom is 0.340 e. The Kier molecular flexibility index (Phi) is 4.55. The van der Waals surface area contributed by atoms with E-state index in [0.717, 1.165) is 15.4 Å². The Morgan fingerprint density at radius 3 is 2.89 bits per heavy atom. The van der Waals surface area contributed by atoms with Gasteiger partial charge >= 0.3 is 5.97 Å². The Morgan fingerprint density at radius 2 is 2.26 bits per heavy atom. The molecule has 1 heterocycles. The topological polar surface area (TPSA) is 38.3 Å². The molecule has 2 rings (SSSR count). The molecule has 0 amide bonds. The van der Waals surface area contributed by atoms with E-state index in [0.29, 0.717) is 12.2 Å². The highest BCUT2D eigenvalue weighted by atomic mass is 79.9. The lowest BCUT2D eigenvalue weighted by Crippen LogP contribution is -2.08. The van der Waals surface area contributed by atoms with Gasteiger partial charge in [0.05, 0.1) is 19.2 Å². The summed E-state index contributed by atoms with van der Waals surface area (Å²) in [5.41, 5.74) is 0.740. The average Bonchev–Trinajstić information content (AvgIpc) is 2.82. The first kappa shape index (κ1) is 14.0. The smallest absolute Gasteiger partial charge is 0.340 e. The van der Waals surface area contributed by atoms with E-state index in [-0.39, 0.29) is 5.56 Å². The van der Waals surface area contributed by atoms with Crippen LogP contribution in [0.5, 0.6) is 0 Å². The van der Waals surface area contributed by atoms with Gasteiger partial charge in [-0.25, -0.2) is 9.18 Å². The molecule has 3 nitrogen and oxygen atoms in total. The van der Waals surface area contributed by atoms with Gasteiger partial charge in [-0.05, 0) is 45.6 Å². The summed E-state index contributed by atoms with van der Waals surface area (Å²) in [7, 11) is 1.27. The van der Waals surface area contributed by atoms with Gasteiger partial charge in [0.25, 0.3) is 0 Å². The summed E-state index contributed by atoms with van der Waals surface area (Å²) in [6.07, 6.45) is 0. The van der Waals surface area contributed by atoms with Gasteiger partial charge in [-0.1, -0.05) is 0 Å². The van der Waals surface area contributed by atoms with Crippen LogP contribution in [0.2, 0.25) is 0 Å². The minimum Gasteiger partial charge on any atom is -0.465 e. The second-order valence-corrected chi connectivity index (χ2v) is 5.58. The van der Waals surface area contributed by atoms with Crippen LogP contribution in [0.15, 0.2) is 34.1 Å². The fraction of sp³-hybridized carbons (Fsp3) is 0.154. The molecule has 0 aliphatic carbocycles. The number of hydrogen-bond donors (Lipinski definition) is 1. The largest absolute Gasteiger partial charge is 0.465 e. The Bertz CT molecular complexity index is 600. The number of rotatable bonds is 4. The number of benzene rings is 1. The van der Waals surface area contributed by atoms with Crippen molar-refractivity contribution >= 4 is 38.9 Å². The molecule has 0 atom stereocenters. The zero-order valence-corrected chi connectivity index (χ0v) is 12.5. The molecule has 19 heavy (non-hydrogen) atoms. The van der Waals surface area contributed by atoms with Crippen LogP contribution in [-0.2, 0) is 11.3 Å². The highest BCUT2D eigenvalue weighted by Crippen LogP contribution is 2.25. The van der Waals surface area contributed by atoms with E-state index in [2.05, 4.69) is 26.0 Å². The van der Waals surface area contributed by atoms with E-state index in [1.54, 1.807) is 11.3 Å². The molecule has 0 radical (unpaired) electrons. The van der Waals surface area contributed by atoms with Gasteiger partial charge in [0.1, 0.15) is 5.82 Å². The van der Waals surface area contributed by atoms with Gasteiger partial charge in [-0.3, -0.25) is 0 Å². The quantitative estimate of drug-likeness (QED) is 0.851. The van der Waals surface area contributed by atoms with Gasteiger partial charge in [0, 0.05) is 15.0 Å². The third kappa shape index (κ3) is 3.33. The van der Waals surface area contributed by atoms with Crippen molar-refractivity contribution in [3.63, 3.8) is 0 Å². The number of nitrogens with one attached hydrogen (secondary N) is 1. The predicted molar refractivity (Wildman–Crippen MR) is 77.1 cm³/mol. The predicted octanol–water partition coefficient (Wildman–Crippen LogP) is 4.05. The van der Waals surface area contributed by atoms with E-state index in [1.165, 1.54) is 19.2 Å². The Hall–Kier alpha value is -1.40. The van der Waals surface area contributed by atoms with Crippen LogP contribution < -0.4 is 5.32 Å². The molecule has 1 aromatic heterocycles. The number of esters is 1. The number of halogens is 2. The van der Waals surface area contributed by atoms with Gasteiger partial charge in [0.2, 0.25) is 0 Å². The molecule has 0 saturated carbocycles. The highest BCUT2D eigenvalue weighted by Gasteiger charge is 2.13. The first-order valence-electron chi connectivity index (χ1n) is 5.45. The Balaban J connectivity index is 2.20. The summed E-state index contributed by atoms with van der Waals surface area (Å²) < 4.78 is 18.8. The summed E-state index contributed by atoms with van der Waals surface area (Å²) in [5, 5.41) is 5.08. The maximum absolute atomic E-state index is 13.2. The fourth-order valence-electron chi connectivity index (χ4n) is 1.58. The maximum atomic E-state index is 13.2. The summed E-state index contributed by atoms with van der Waals surface area (Å²) in [6, 6.07) is 5.95. The third-order valence-electron chi connectivity index (χ3n) is 2.52. The van der Waals surface area contributed by atoms with E-state index < -0.39 is 11.8 Å². The number of carbonyl (C=O) groups is 1. The first-order valence-corrected chi connectivity index (χ1v) is 7.12. The number of ether oxygens (including phenoxy) is 1. The molecule has 0 bridgehead atoms. The number of thiophene rings is 1. The molecule has 0 aliphatic rings. The molecular formula is C13H11BrFNO2S. The molecule has 0 fully saturated rings. The first-order chi connectivity index (χ1) is 9.11. The third-order valence-corrected chi connectivity index (χ3v) is 4.44. The summed E-state index contributed by atoms with van der Waals surface area (Å²) in [5.74, 6) is -1.03. The van der Waals surface area contributed by atoms with Crippen LogP contribution in [0, 0.1) is 5.82 Å².